The Labute approximate surface area is 199 Å². The van der Waals surface area contributed by atoms with Crippen LogP contribution in [0.5, 0.6) is 11.6 Å². The minimum Gasteiger partial charge on any atom is -0.436 e. The molecule has 0 aliphatic heterocycles. The number of anilines is 1. The van der Waals surface area contributed by atoms with Crippen LogP contribution < -0.4 is 31.8 Å². The molecule has 2 aromatic carbocycles. The molecule has 0 unspecified atom stereocenters. The van der Waals surface area contributed by atoms with E-state index in [0.29, 0.717) is 22.3 Å². The van der Waals surface area contributed by atoms with Crippen LogP contribution in [0.2, 0.25) is 5.02 Å². The maximum absolute atomic E-state index is 12.6. The summed E-state index contributed by atoms with van der Waals surface area (Å²) >= 11 is 5.86. The van der Waals surface area contributed by atoms with Gasteiger partial charge in [0, 0.05) is 23.8 Å². The molecule has 0 fully saturated rings. The lowest BCUT2D eigenvalue weighted by Crippen LogP contribution is -2.38. The lowest BCUT2D eigenvalue weighted by Gasteiger charge is -2.12. The first-order chi connectivity index (χ1) is 16.5. The van der Waals surface area contributed by atoms with Crippen molar-refractivity contribution < 1.29 is 18.8 Å². The highest BCUT2D eigenvalue weighted by Crippen LogP contribution is 2.21. The van der Waals surface area contributed by atoms with Crippen molar-refractivity contribution in [2.24, 2.45) is 0 Å². The molecule has 0 radical (unpaired) electrons. The van der Waals surface area contributed by atoms with Gasteiger partial charge in [-0.3, -0.25) is 9.59 Å². The summed E-state index contributed by atoms with van der Waals surface area (Å²) < 4.78 is 10.2. The standard InChI is InChI=1S/C22H20ClN7O4/c23-16-3-1-15(2-4-16)13-26-22(32)19(21(31)25-11-10-24)14-27-30-28-17-5-7-18(8-6-17)34-20-9-12-33-29-20/h1-9,12,14,27-28,30H,11,13H2,(H,25,31)(H,26,32)/b19-14-. The highest BCUT2D eigenvalue weighted by atomic mass is 35.5. The van der Waals surface area contributed by atoms with Crippen molar-refractivity contribution in [2.45, 2.75) is 6.54 Å². The molecule has 3 rings (SSSR count). The van der Waals surface area contributed by atoms with Gasteiger partial charge in [-0.15, -0.1) is 0 Å². The van der Waals surface area contributed by atoms with Crippen LogP contribution in [0.1, 0.15) is 5.56 Å². The van der Waals surface area contributed by atoms with Gasteiger partial charge < -0.3 is 30.7 Å². The van der Waals surface area contributed by atoms with E-state index in [0.717, 1.165) is 5.56 Å². The average molecular weight is 482 g/mol. The van der Waals surface area contributed by atoms with Crippen molar-refractivity contribution in [3.8, 4) is 17.7 Å². The zero-order chi connectivity index (χ0) is 24.2. The second-order valence-corrected chi connectivity index (χ2v) is 7.00. The van der Waals surface area contributed by atoms with Gasteiger partial charge in [-0.1, -0.05) is 23.7 Å². The molecule has 0 aliphatic rings. The molecule has 0 spiro atoms. The maximum Gasteiger partial charge on any atom is 0.259 e. The number of amides is 2. The first kappa shape index (κ1) is 24.1. The van der Waals surface area contributed by atoms with E-state index < -0.39 is 11.8 Å². The molecule has 12 heteroatoms. The first-order valence-electron chi connectivity index (χ1n) is 9.88. The van der Waals surface area contributed by atoms with Crippen LogP contribution in [-0.4, -0.2) is 23.5 Å². The van der Waals surface area contributed by atoms with E-state index in [2.05, 4.69) is 32.2 Å². The van der Waals surface area contributed by atoms with E-state index in [-0.39, 0.29) is 18.7 Å². The minimum absolute atomic E-state index is 0.188. The number of nitrogens with zero attached hydrogens (tertiary/aromatic N) is 2. The van der Waals surface area contributed by atoms with Gasteiger partial charge in [-0.25, -0.2) is 0 Å². The molecule has 0 aliphatic carbocycles. The molecule has 34 heavy (non-hydrogen) atoms. The Balaban J connectivity index is 1.54. The number of aromatic nitrogens is 1. The Morgan fingerprint density at radius 3 is 2.47 bits per heavy atom. The number of benzene rings is 2. The fourth-order valence-electron chi connectivity index (χ4n) is 2.53. The predicted octanol–water partition coefficient (Wildman–Crippen LogP) is 2.38. The summed E-state index contributed by atoms with van der Waals surface area (Å²) in [6.07, 6.45) is 2.58. The van der Waals surface area contributed by atoms with E-state index in [4.69, 9.17) is 26.1 Å². The molecule has 0 saturated carbocycles. The number of halogens is 1. The first-order valence-corrected chi connectivity index (χ1v) is 10.3. The summed E-state index contributed by atoms with van der Waals surface area (Å²) in [6.45, 7) is -0.0532. The topological polar surface area (TPSA) is 153 Å². The molecule has 2 amide bonds. The number of nitriles is 1. The third-order valence-electron chi connectivity index (χ3n) is 4.17. The summed E-state index contributed by atoms with van der Waals surface area (Å²) in [5, 5.41) is 17.9. The van der Waals surface area contributed by atoms with E-state index in [1.807, 2.05) is 0 Å². The summed E-state index contributed by atoms with van der Waals surface area (Å²) in [5.74, 6) is -0.448. The second kappa shape index (κ2) is 12.5. The van der Waals surface area contributed by atoms with Crippen LogP contribution >= 0.6 is 11.6 Å². The predicted molar refractivity (Wildman–Crippen MR) is 123 cm³/mol. The van der Waals surface area contributed by atoms with Crippen LogP contribution in [-0.2, 0) is 16.1 Å². The van der Waals surface area contributed by atoms with Crippen LogP contribution in [0.4, 0.5) is 5.69 Å². The van der Waals surface area contributed by atoms with Crippen molar-refractivity contribution >= 4 is 29.1 Å². The molecule has 0 atom stereocenters. The van der Waals surface area contributed by atoms with E-state index in [1.165, 1.54) is 12.5 Å². The van der Waals surface area contributed by atoms with Gasteiger partial charge in [-0.2, -0.15) is 10.8 Å². The fraction of sp³-hybridized carbons (Fsp3) is 0.0909. The number of carbonyl (C=O) groups is 2. The van der Waals surface area contributed by atoms with Crippen LogP contribution in [0, 0.1) is 11.3 Å². The number of ether oxygens (including phenoxy) is 1. The van der Waals surface area contributed by atoms with E-state index >= 15 is 0 Å². The molecule has 0 saturated heterocycles. The average Bonchev–Trinajstić information content (AvgIpc) is 3.36. The van der Waals surface area contributed by atoms with Crippen molar-refractivity contribution in [1.29, 1.82) is 5.26 Å². The van der Waals surface area contributed by atoms with Gasteiger partial charge in [0.25, 0.3) is 17.7 Å². The quantitative estimate of drug-likeness (QED) is 0.0693. The molecule has 5 N–H and O–H groups in total. The molecule has 1 heterocycles. The fourth-order valence-corrected chi connectivity index (χ4v) is 2.65. The van der Waals surface area contributed by atoms with Gasteiger partial charge in [-0.05, 0) is 47.1 Å². The smallest absolute Gasteiger partial charge is 0.259 e. The van der Waals surface area contributed by atoms with Crippen molar-refractivity contribution in [1.82, 2.24) is 26.8 Å². The second-order valence-electron chi connectivity index (χ2n) is 6.57. The van der Waals surface area contributed by atoms with Gasteiger partial charge in [0.15, 0.2) is 0 Å². The summed E-state index contributed by atoms with van der Waals surface area (Å²) in [6, 6.07) is 17.2. The molecule has 0 bridgehead atoms. The van der Waals surface area contributed by atoms with Crippen molar-refractivity contribution in [3.63, 3.8) is 0 Å². The summed E-state index contributed by atoms with van der Waals surface area (Å²) in [7, 11) is 0. The van der Waals surface area contributed by atoms with Gasteiger partial charge >= 0.3 is 0 Å². The van der Waals surface area contributed by atoms with Crippen LogP contribution in [0.3, 0.4) is 0 Å². The zero-order valence-corrected chi connectivity index (χ0v) is 18.4. The normalized spacial score (nSPS) is 10.6. The molecular weight excluding hydrogens is 462 g/mol. The van der Waals surface area contributed by atoms with Gasteiger partial charge in [0.1, 0.15) is 24.1 Å². The van der Waals surface area contributed by atoms with Crippen molar-refractivity contribution in [2.75, 3.05) is 12.0 Å². The zero-order valence-electron chi connectivity index (χ0n) is 17.7. The molecule has 3 aromatic rings. The molecule has 1 aromatic heterocycles. The molecular formula is C22H20ClN7O4. The number of hydrogen-bond donors (Lipinski definition) is 5. The summed E-state index contributed by atoms with van der Waals surface area (Å²) in [4.78, 5) is 24.9. The Hall–Kier alpha value is -4.53. The molecule has 174 valence electrons. The Morgan fingerprint density at radius 2 is 1.79 bits per heavy atom. The number of rotatable bonds is 11. The summed E-state index contributed by atoms with van der Waals surface area (Å²) in [5.41, 5.74) is 9.38. The SMILES string of the molecule is N#CCNC(=O)/C(=C/NNNc1ccc(Oc2ccon2)cc1)C(=O)NCc1ccc(Cl)cc1. The van der Waals surface area contributed by atoms with Gasteiger partial charge in [0.05, 0.1) is 11.8 Å². The van der Waals surface area contributed by atoms with Crippen LogP contribution in [0.15, 0.2) is 77.2 Å². The van der Waals surface area contributed by atoms with E-state index in [1.54, 1.807) is 60.7 Å². The highest BCUT2D eigenvalue weighted by molar-refractivity contribution is 6.30. The van der Waals surface area contributed by atoms with Crippen LogP contribution in [0.25, 0.3) is 0 Å². The Bertz CT molecular complexity index is 1160. The highest BCUT2D eigenvalue weighted by Gasteiger charge is 2.17. The number of hydrazine groups is 2. The number of carbonyl (C=O) groups excluding carboxylic acids is 2. The Kier molecular flexibility index (Phi) is 8.86. The van der Waals surface area contributed by atoms with Gasteiger partial charge in [0.2, 0.25) is 0 Å². The van der Waals surface area contributed by atoms with Crippen molar-refractivity contribution in [3.05, 3.63) is 83.2 Å². The third kappa shape index (κ3) is 7.56. The third-order valence-corrected chi connectivity index (χ3v) is 4.42. The largest absolute Gasteiger partial charge is 0.436 e. The number of nitrogens with one attached hydrogen (secondary N) is 5. The minimum atomic E-state index is -0.709. The monoisotopic (exact) mass is 481 g/mol. The lowest BCUT2D eigenvalue weighted by molar-refractivity contribution is -0.123. The lowest BCUT2D eigenvalue weighted by atomic mass is 10.2. The molecule has 11 nitrogen and oxygen atoms in total. The maximum atomic E-state index is 12.6. The number of hydrogen-bond acceptors (Lipinski definition) is 9. The Morgan fingerprint density at radius 1 is 1.06 bits per heavy atom. The van der Waals surface area contributed by atoms with E-state index in [9.17, 15) is 9.59 Å².